The normalized spacial score (nSPS) is 10.9. The summed E-state index contributed by atoms with van der Waals surface area (Å²) < 4.78 is 19.0. The van der Waals surface area contributed by atoms with E-state index in [0.717, 1.165) is 11.1 Å². The summed E-state index contributed by atoms with van der Waals surface area (Å²) in [7, 11) is 0. The molecule has 3 aromatic carbocycles. The lowest BCUT2D eigenvalue weighted by Gasteiger charge is -2.08. The number of hydrogen-bond acceptors (Lipinski definition) is 3. The Morgan fingerprint density at radius 1 is 0.931 bits per heavy atom. The maximum absolute atomic E-state index is 13.0. The van der Waals surface area contributed by atoms with Crippen LogP contribution in [-0.4, -0.2) is 5.91 Å². The molecule has 29 heavy (non-hydrogen) atoms. The molecule has 4 aromatic rings. The maximum atomic E-state index is 13.0. The standard InChI is InChI=1S/C24H18FNO3/c1-14-11-15(2)23-20(12-14)21(27)13-22(29-23)16-3-5-17(6-4-16)24(28)26-19-9-7-18(25)8-10-19/h3-13H,1-2H3,(H,26,28). The number of fused-ring (bicyclic) bond motifs is 1. The number of benzene rings is 3. The lowest BCUT2D eigenvalue weighted by atomic mass is 10.1. The highest BCUT2D eigenvalue weighted by Gasteiger charge is 2.11. The van der Waals surface area contributed by atoms with Gasteiger partial charge in [0.05, 0.1) is 5.39 Å². The van der Waals surface area contributed by atoms with Crippen LogP contribution in [-0.2, 0) is 0 Å². The van der Waals surface area contributed by atoms with E-state index < -0.39 is 0 Å². The third kappa shape index (κ3) is 3.80. The third-order valence-electron chi connectivity index (χ3n) is 4.69. The Morgan fingerprint density at radius 3 is 2.31 bits per heavy atom. The van der Waals surface area contributed by atoms with Gasteiger partial charge in [0.15, 0.2) is 5.43 Å². The number of anilines is 1. The van der Waals surface area contributed by atoms with Crippen molar-refractivity contribution in [2.24, 2.45) is 0 Å². The number of nitrogens with one attached hydrogen (secondary N) is 1. The number of carbonyl (C=O) groups excluding carboxylic acids is 1. The summed E-state index contributed by atoms with van der Waals surface area (Å²) in [5.41, 5.74) is 4.00. The van der Waals surface area contributed by atoms with Crippen molar-refractivity contribution in [3.63, 3.8) is 0 Å². The van der Waals surface area contributed by atoms with Gasteiger partial charge in [-0.15, -0.1) is 0 Å². The largest absolute Gasteiger partial charge is 0.456 e. The number of hydrogen-bond donors (Lipinski definition) is 1. The van der Waals surface area contributed by atoms with E-state index in [-0.39, 0.29) is 17.2 Å². The fraction of sp³-hybridized carbons (Fsp3) is 0.0833. The molecule has 0 aliphatic carbocycles. The minimum atomic E-state index is -0.366. The zero-order valence-electron chi connectivity index (χ0n) is 16.0. The smallest absolute Gasteiger partial charge is 0.255 e. The topological polar surface area (TPSA) is 59.3 Å². The number of amides is 1. The van der Waals surface area contributed by atoms with Gasteiger partial charge in [0.1, 0.15) is 17.2 Å². The van der Waals surface area contributed by atoms with Crippen LogP contribution in [0.2, 0.25) is 0 Å². The first-order valence-electron chi connectivity index (χ1n) is 9.13. The van der Waals surface area contributed by atoms with Gasteiger partial charge >= 0.3 is 0 Å². The molecule has 0 bridgehead atoms. The summed E-state index contributed by atoms with van der Waals surface area (Å²) in [6.45, 7) is 3.85. The van der Waals surface area contributed by atoms with E-state index in [9.17, 15) is 14.0 Å². The molecule has 0 radical (unpaired) electrons. The van der Waals surface area contributed by atoms with Gasteiger partial charge in [-0.25, -0.2) is 4.39 Å². The Bertz CT molecular complexity index is 1270. The van der Waals surface area contributed by atoms with Crippen molar-refractivity contribution in [3.8, 4) is 11.3 Å². The predicted molar refractivity (Wildman–Crippen MR) is 112 cm³/mol. The molecule has 1 amide bonds. The molecule has 0 saturated heterocycles. The Balaban J connectivity index is 1.63. The van der Waals surface area contributed by atoms with Crippen molar-refractivity contribution in [2.45, 2.75) is 13.8 Å². The lowest BCUT2D eigenvalue weighted by molar-refractivity contribution is 0.102. The van der Waals surface area contributed by atoms with Crippen molar-refractivity contribution in [1.82, 2.24) is 0 Å². The molecule has 0 spiro atoms. The van der Waals surface area contributed by atoms with Crippen molar-refractivity contribution >= 4 is 22.6 Å². The highest BCUT2D eigenvalue weighted by Crippen LogP contribution is 2.25. The summed E-state index contributed by atoms with van der Waals surface area (Å²) in [4.78, 5) is 24.9. The van der Waals surface area contributed by atoms with Crippen molar-refractivity contribution in [2.75, 3.05) is 5.32 Å². The molecule has 0 aliphatic heterocycles. The second-order valence-corrected chi connectivity index (χ2v) is 6.97. The van der Waals surface area contributed by atoms with Crippen LogP contribution in [0.15, 0.2) is 75.9 Å². The van der Waals surface area contributed by atoms with Crippen LogP contribution in [0.4, 0.5) is 10.1 Å². The molecule has 4 rings (SSSR count). The second kappa shape index (κ2) is 7.36. The van der Waals surface area contributed by atoms with E-state index in [0.29, 0.717) is 33.5 Å². The molecule has 4 nitrogen and oxygen atoms in total. The molecular weight excluding hydrogens is 369 g/mol. The SMILES string of the molecule is Cc1cc(C)c2oc(-c3ccc(C(=O)Nc4ccc(F)cc4)cc3)cc(=O)c2c1. The zero-order valence-corrected chi connectivity index (χ0v) is 16.0. The van der Waals surface area contributed by atoms with Crippen molar-refractivity contribution in [3.05, 3.63) is 99.5 Å². The summed E-state index contributed by atoms with van der Waals surface area (Å²) in [6, 6.07) is 17.6. The molecule has 5 heteroatoms. The molecule has 0 fully saturated rings. The Kier molecular flexibility index (Phi) is 4.72. The van der Waals surface area contributed by atoms with Crippen LogP contribution in [0.5, 0.6) is 0 Å². The first-order valence-corrected chi connectivity index (χ1v) is 9.13. The van der Waals surface area contributed by atoms with Gasteiger partial charge in [0.2, 0.25) is 0 Å². The van der Waals surface area contributed by atoms with Crippen LogP contribution >= 0.6 is 0 Å². The summed E-state index contributed by atoms with van der Waals surface area (Å²) in [6.07, 6.45) is 0. The average molecular weight is 387 g/mol. The molecule has 0 saturated carbocycles. The third-order valence-corrected chi connectivity index (χ3v) is 4.69. The van der Waals surface area contributed by atoms with Gasteiger partial charge in [-0.1, -0.05) is 18.2 Å². The van der Waals surface area contributed by atoms with Gasteiger partial charge in [-0.3, -0.25) is 9.59 Å². The Hall–Kier alpha value is -3.73. The first-order chi connectivity index (χ1) is 13.9. The highest BCUT2D eigenvalue weighted by atomic mass is 19.1. The maximum Gasteiger partial charge on any atom is 0.255 e. The van der Waals surface area contributed by atoms with Gasteiger partial charge in [-0.2, -0.15) is 0 Å². The predicted octanol–water partition coefficient (Wildman–Crippen LogP) is 5.47. The number of halogens is 1. The van der Waals surface area contributed by atoms with Crippen LogP contribution < -0.4 is 10.7 Å². The molecule has 0 atom stereocenters. The van der Waals surface area contributed by atoms with E-state index in [4.69, 9.17) is 4.42 Å². The average Bonchev–Trinajstić information content (AvgIpc) is 2.70. The van der Waals surface area contributed by atoms with Gasteiger partial charge in [-0.05, 0) is 67.4 Å². The van der Waals surface area contributed by atoms with E-state index in [1.165, 1.54) is 30.3 Å². The number of carbonyl (C=O) groups is 1. The molecule has 0 unspecified atom stereocenters. The van der Waals surface area contributed by atoms with E-state index in [1.54, 1.807) is 24.3 Å². The van der Waals surface area contributed by atoms with Crippen LogP contribution in [0.1, 0.15) is 21.5 Å². The minimum Gasteiger partial charge on any atom is -0.456 e. The monoisotopic (exact) mass is 387 g/mol. The molecule has 1 aromatic heterocycles. The highest BCUT2D eigenvalue weighted by molar-refractivity contribution is 6.04. The van der Waals surface area contributed by atoms with Gasteiger partial charge in [0, 0.05) is 22.9 Å². The molecule has 0 aliphatic rings. The van der Waals surface area contributed by atoms with Crippen LogP contribution in [0.25, 0.3) is 22.3 Å². The lowest BCUT2D eigenvalue weighted by Crippen LogP contribution is -2.11. The van der Waals surface area contributed by atoms with Crippen molar-refractivity contribution in [1.29, 1.82) is 0 Å². The van der Waals surface area contributed by atoms with Crippen LogP contribution in [0, 0.1) is 19.7 Å². The molecule has 1 N–H and O–H groups in total. The van der Waals surface area contributed by atoms with E-state index in [2.05, 4.69) is 5.32 Å². The quantitative estimate of drug-likeness (QED) is 0.507. The van der Waals surface area contributed by atoms with Gasteiger partial charge < -0.3 is 9.73 Å². The first kappa shape index (κ1) is 18.6. The van der Waals surface area contributed by atoms with E-state index in [1.807, 2.05) is 26.0 Å². The van der Waals surface area contributed by atoms with Crippen molar-refractivity contribution < 1.29 is 13.6 Å². The molecule has 1 heterocycles. The zero-order chi connectivity index (χ0) is 20.5. The van der Waals surface area contributed by atoms with E-state index >= 15 is 0 Å². The molecule has 144 valence electrons. The summed E-state index contributed by atoms with van der Waals surface area (Å²) in [5.74, 6) is -0.232. The fourth-order valence-corrected chi connectivity index (χ4v) is 3.27. The Morgan fingerprint density at radius 2 is 1.62 bits per heavy atom. The molecular formula is C24H18FNO3. The summed E-state index contributed by atoms with van der Waals surface area (Å²) >= 11 is 0. The number of aryl methyl sites for hydroxylation is 2. The number of rotatable bonds is 3. The van der Waals surface area contributed by atoms with Gasteiger partial charge in [0.25, 0.3) is 5.91 Å². The second-order valence-electron chi connectivity index (χ2n) is 6.97. The minimum absolute atomic E-state index is 0.105. The fourth-order valence-electron chi connectivity index (χ4n) is 3.27. The summed E-state index contributed by atoms with van der Waals surface area (Å²) in [5, 5.41) is 3.27. The Labute approximate surface area is 166 Å². The van der Waals surface area contributed by atoms with Crippen LogP contribution in [0.3, 0.4) is 0 Å².